The number of benzene rings is 1. The standard InChI is InChI=1S/C16H25N3O6S2/c1-3-18(4-2)16(20)13-17-26(21,22)14-5-7-15(8-6-14)27(23,24)19-9-11-25-12-10-19/h5-8,17H,3-4,9-13H2,1-2H3. The van der Waals surface area contributed by atoms with E-state index in [0.717, 1.165) is 0 Å². The van der Waals surface area contributed by atoms with Crippen molar-refractivity contribution in [1.29, 1.82) is 0 Å². The smallest absolute Gasteiger partial charge is 0.243 e. The lowest BCUT2D eigenvalue weighted by atomic mass is 10.4. The first kappa shape index (κ1) is 21.8. The summed E-state index contributed by atoms with van der Waals surface area (Å²) in [6.07, 6.45) is 0. The minimum absolute atomic E-state index is 0.0163. The molecule has 0 unspecified atom stereocenters. The number of likely N-dealkylation sites (N-methyl/N-ethyl adjacent to an activating group) is 1. The zero-order valence-corrected chi connectivity index (χ0v) is 17.1. The number of hydrogen-bond donors (Lipinski definition) is 1. The van der Waals surface area contributed by atoms with Crippen LogP contribution in [0.15, 0.2) is 34.1 Å². The summed E-state index contributed by atoms with van der Waals surface area (Å²) in [7, 11) is -7.61. The van der Waals surface area contributed by atoms with Crippen LogP contribution in [0, 0.1) is 0 Å². The van der Waals surface area contributed by atoms with Gasteiger partial charge in [0.1, 0.15) is 0 Å². The lowest BCUT2D eigenvalue weighted by Gasteiger charge is -2.26. The molecular weight excluding hydrogens is 394 g/mol. The van der Waals surface area contributed by atoms with Gasteiger partial charge in [0.2, 0.25) is 26.0 Å². The molecular formula is C16H25N3O6S2. The molecule has 1 amide bonds. The summed E-state index contributed by atoms with van der Waals surface area (Å²) in [6, 6.07) is 4.95. The predicted molar refractivity (Wildman–Crippen MR) is 99.1 cm³/mol. The number of nitrogens with one attached hydrogen (secondary N) is 1. The Morgan fingerprint density at radius 1 is 1.04 bits per heavy atom. The van der Waals surface area contributed by atoms with Crippen molar-refractivity contribution < 1.29 is 26.4 Å². The molecule has 0 saturated carbocycles. The molecule has 152 valence electrons. The van der Waals surface area contributed by atoms with Crippen molar-refractivity contribution in [2.24, 2.45) is 0 Å². The highest BCUT2D eigenvalue weighted by Crippen LogP contribution is 2.19. The molecule has 9 nitrogen and oxygen atoms in total. The van der Waals surface area contributed by atoms with Gasteiger partial charge in [0.05, 0.1) is 29.5 Å². The Morgan fingerprint density at radius 3 is 2.07 bits per heavy atom. The van der Waals surface area contributed by atoms with Crippen LogP contribution in [0.1, 0.15) is 13.8 Å². The third-order valence-corrected chi connectivity index (χ3v) is 7.60. The molecule has 1 aromatic carbocycles. The number of ether oxygens (including phenoxy) is 1. The molecule has 1 heterocycles. The molecule has 1 aromatic rings. The second-order valence-electron chi connectivity index (χ2n) is 5.88. The van der Waals surface area contributed by atoms with Crippen molar-refractivity contribution in [2.45, 2.75) is 23.6 Å². The maximum absolute atomic E-state index is 12.6. The third-order valence-electron chi connectivity index (χ3n) is 4.27. The molecule has 1 fully saturated rings. The number of rotatable bonds is 8. The maximum Gasteiger partial charge on any atom is 0.243 e. The second kappa shape index (κ2) is 9.11. The molecule has 1 saturated heterocycles. The fourth-order valence-corrected chi connectivity index (χ4v) is 5.04. The molecule has 0 radical (unpaired) electrons. The van der Waals surface area contributed by atoms with Crippen LogP contribution in [0.5, 0.6) is 0 Å². The Balaban J connectivity index is 2.10. The van der Waals surface area contributed by atoms with Crippen molar-refractivity contribution in [3.63, 3.8) is 0 Å². The molecule has 0 aromatic heterocycles. The van der Waals surface area contributed by atoms with Crippen molar-refractivity contribution in [1.82, 2.24) is 13.9 Å². The van der Waals surface area contributed by atoms with E-state index >= 15 is 0 Å². The quantitative estimate of drug-likeness (QED) is 0.627. The van der Waals surface area contributed by atoms with Crippen LogP contribution in [0.4, 0.5) is 0 Å². The van der Waals surface area contributed by atoms with Crippen LogP contribution in [-0.4, -0.2) is 77.9 Å². The Morgan fingerprint density at radius 2 is 1.56 bits per heavy atom. The van der Waals surface area contributed by atoms with Gasteiger partial charge < -0.3 is 9.64 Å². The summed E-state index contributed by atoms with van der Waals surface area (Å²) in [5.41, 5.74) is 0. The van der Waals surface area contributed by atoms with Crippen LogP contribution in [0.3, 0.4) is 0 Å². The Hall–Kier alpha value is -1.53. The zero-order chi connectivity index (χ0) is 20.1. The van der Waals surface area contributed by atoms with Crippen molar-refractivity contribution in [3.8, 4) is 0 Å². The fraction of sp³-hybridized carbons (Fsp3) is 0.562. The van der Waals surface area contributed by atoms with E-state index in [4.69, 9.17) is 4.74 Å². The van der Waals surface area contributed by atoms with E-state index in [9.17, 15) is 21.6 Å². The number of hydrogen-bond acceptors (Lipinski definition) is 6. The fourth-order valence-electron chi connectivity index (χ4n) is 2.65. The monoisotopic (exact) mass is 419 g/mol. The van der Waals surface area contributed by atoms with Crippen molar-refractivity contribution >= 4 is 26.0 Å². The van der Waals surface area contributed by atoms with Crippen LogP contribution in [0.2, 0.25) is 0 Å². The summed E-state index contributed by atoms with van der Waals surface area (Å²) in [5, 5.41) is 0. The topological polar surface area (TPSA) is 113 Å². The summed E-state index contributed by atoms with van der Waals surface area (Å²) >= 11 is 0. The van der Waals surface area contributed by atoms with E-state index in [-0.39, 0.29) is 35.3 Å². The highest BCUT2D eigenvalue weighted by atomic mass is 32.2. The van der Waals surface area contributed by atoms with E-state index < -0.39 is 20.0 Å². The van der Waals surface area contributed by atoms with Gasteiger partial charge in [-0.1, -0.05) is 0 Å². The van der Waals surface area contributed by atoms with Crippen LogP contribution < -0.4 is 4.72 Å². The number of carbonyl (C=O) groups excluding carboxylic acids is 1. The van der Waals surface area contributed by atoms with E-state index in [0.29, 0.717) is 26.3 Å². The second-order valence-corrected chi connectivity index (χ2v) is 9.58. The average Bonchev–Trinajstić information content (AvgIpc) is 2.68. The predicted octanol–water partition coefficient (Wildman–Crippen LogP) is -0.146. The van der Waals surface area contributed by atoms with Gasteiger partial charge in [-0.25, -0.2) is 21.6 Å². The molecule has 0 atom stereocenters. The molecule has 11 heteroatoms. The Bertz CT molecular complexity index is 843. The molecule has 1 N–H and O–H groups in total. The number of nitrogens with zero attached hydrogens (tertiary/aromatic N) is 2. The van der Waals surface area contributed by atoms with Gasteiger partial charge in [0.15, 0.2) is 0 Å². The number of morpholine rings is 1. The average molecular weight is 420 g/mol. The number of sulfonamides is 2. The van der Waals surface area contributed by atoms with Gasteiger partial charge in [-0.05, 0) is 38.1 Å². The summed E-state index contributed by atoms with van der Waals surface area (Å²) in [5.74, 6) is -0.324. The zero-order valence-electron chi connectivity index (χ0n) is 15.4. The summed E-state index contributed by atoms with van der Waals surface area (Å²) in [4.78, 5) is 13.4. The molecule has 0 aliphatic carbocycles. The molecule has 0 bridgehead atoms. The van der Waals surface area contributed by atoms with Crippen molar-refractivity contribution in [3.05, 3.63) is 24.3 Å². The lowest BCUT2D eigenvalue weighted by Crippen LogP contribution is -2.40. The molecule has 1 aliphatic rings. The van der Waals surface area contributed by atoms with Crippen LogP contribution in [0.25, 0.3) is 0 Å². The van der Waals surface area contributed by atoms with E-state index in [1.165, 1.54) is 33.5 Å². The van der Waals surface area contributed by atoms with Crippen molar-refractivity contribution in [2.75, 3.05) is 45.9 Å². The molecule has 27 heavy (non-hydrogen) atoms. The van der Waals surface area contributed by atoms with Crippen LogP contribution >= 0.6 is 0 Å². The van der Waals surface area contributed by atoms with Gasteiger partial charge in [-0.2, -0.15) is 4.31 Å². The minimum Gasteiger partial charge on any atom is -0.379 e. The highest BCUT2D eigenvalue weighted by molar-refractivity contribution is 7.89. The van der Waals surface area contributed by atoms with Gasteiger partial charge >= 0.3 is 0 Å². The molecule has 0 spiro atoms. The summed E-state index contributed by atoms with van der Waals surface area (Å²) in [6.45, 7) is 5.43. The van der Waals surface area contributed by atoms with E-state index in [1.54, 1.807) is 0 Å². The first-order valence-electron chi connectivity index (χ1n) is 8.67. The Labute approximate surface area is 160 Å². The number of carbonyl (C=O) groups is 1. The van der Waals surface area contributed by atoms with Gasteiger partial charge in [0.25, 0.3) is 0 Å². The SMILES string of the molecule is CCN(CC)C(=O)CNS(=O)(=O)c1ccc(S(=O)(=O)N2CCOCC2)cc1. The molecule has 1 aliphatic heterocycles. The largest absolute Gasteiger partial charge is 0.379 e. The van der Waals surface area contributed by atoms with E-state index in [2.05, 4.69) is 4.72 Å². The normalized spacial score (nSPS) is 16.2. The lowest BCUT2D eigenvalue weighted by molar-refractivity contribution is -0.129. The molecule has 2 rings (SSSR count). The summed E-state index contributed by atoms with van der Waals surface area (Å²) < 4.78 is 58.5. The van der Waals surface area contributed by atoms with Gasteiger partial charge in [-0.15, -0.1) is 0 Å². The van der Waals surface area contributed by atoms with E-state index in [1.807, 2.05) is 13.8 Å². The number of amides is 1. The minimum atomic E-state index is -3.92. The van der Waals surface area contributed by atoms with Gasteiger partial charge in [0, 0.05) is 26.2 Å². The van der Waals surface area contributed by atoms with Gasteiger partial charge in [-0.3, -0.25) is 4.79 Å². The Kier molecular flexibility index (Phi) is 7.34. The first-order chi connectivity index (χ1) is 12.7. The highest BCUT2D eigenvalue weighted by Gasteiger charge is 2.27. The first-order valence-corrected chi connectivity index (χ1v) is 11.6. The maximum atomic E-state index is 12.6. The van der Waals surface area contributed by atoms with Crippen LogP contribution in [-0.2, 0) is 29.6 Å². The third kappa shape index (κ3) is 5.26.